The second kappa shape index (κ2) is 15.0. The fourth-order valence-electron chi connectivity index (χ4n) is 11.8. The summed E-state index contributed by atoms with van der Waals surface area (Å²) in [5, 5.41) is 0. The molecule has 1 saturated carbocycles. The van der Waals surface area contributed by atoms with Crippen LogP contribution in [0.3, 0.4) is 0 Å². The average Bonchev–Trinajstić information content (AvgIpc) is 3.81. The lowest BCUT2D eigenvalue weighted by atomic mass is 9.58. The van der Waals surface area contributed by atoms with Crippen molar-refractivity contribution in [2.45, 2.75) is 64.2 Å². The van der Waals surface area contributed by atoms with E-state index in [0.717, 1.165) is 25.7 Å². The van der Waals surface area contributed by atoms with Gasteiger partial charge in [0.1, 0.15) is 0 Å². The van der Waals surface area contributed by atoms with Gasteiger partial charge in [0, 0.05) is 11.3 Å². The molecule has 7 aliphatic carbocycles. The Morgan fingerprint density at radius 1 is 0.855 bits per heavy atom. The van der Waals surface area contributed by atoms with Crippen molar-refractivity contribution < 1.29 is 0 Å². The van der Waals surface area contributed by atoms with Gasteiger partial charge in [0.15, 0.2) is 0 Å². The Kier molecular flexibility index (Phi) is 9.72. The molecule has 0 spiro atoms. The smallest absolute Gasteiger partial charge is 0.0243 e. The first-order valence-corrected chi connectivity index (χ1v) is 21.1. The summed E-state index contributed by atoms with van der Waals surface area (Å²) in [7, 11) is 0. The molecule has 7 aliphatic rings. The molecule has 0 N–H and O–H groups in total. The number of hydrogen-bond acceptors (Lipinski definition) is 0. The quantitative estimate of drug-likeness (QED) is 0.227. The van der Waals surface area contributed by atoms with E-state index in [4.69, 9.17) is 0 Å². The maximum absolute atomic E-state index is 4.27. The van der Waals surface area contributed by atoms with E-state index in [-0.39, 0.29) is 5.41 Å². The molecule has 276 valence electrons. The predicted octanol–water partition coefficient (Wildman–Crippen LogP) is 14.0. The van der Waals surface area contributed by atoms with Crippen LogP contribution in [0.4, 0.5) is 0 Å². The van der Waals surface area contributed by atoms with Crippen LogP contribution in [-0.4, -0.2) is 0 Å². The lowest BCUT2D eigenvalue weighted by Crippen LogP contribution is -2.36. The molecule has 0 radical (unpaired) electrons. The number of allylic oxidation sites excluding steroid dienone is 24. The molecule has 0 nitrogen and oxygen atoms in total. The van der Waals surface area contributed by atoms with Crippen LogP contribution in [0.25, 0.3) is 6.08 Å². The summed E-state index contributed by atoms with van der Waals surface area (Å²) in [5.74, 6) is 3.95. The van der Waals surface area contributed by atoms with Gasteiger partial charge in [0.05, 0.1) is 0 Å². The van der Waals surface area contributed by atoms with Crippen molar-refractivity contribution in [2.24, 2.45) is 41.4 Å². The zero-order valence-corrected chi connectivity index (χ0v) is 32.9. The Balaban J connectivity index is 1.12. The summed E-state index contributed by atoms with van der Waals surface area (Å²) < 4.78 is 0. The predicted molar refractivity (Wildman–Crippen MR) is 234 cm³/mol. The summed E-state index contributed by atoms with van der Waals surface area (Å²) in [4.78, 5) is 0. The molecule has 9 rings (SSSR count). The van der Waals surface area contributed by atoms with E-state index in [1.54, 1.807) is 5.57 Å². The zero-order chi connectivity index (χ0) is 37.5. The first-order valence-electron chi connectivity index (χ1n) is 21.1. The zero-order valence-electron chi connectivity index (χ0n) is 32.9. The van der Waals surface area contributed by atoms with Gasteiger partial charge in [-0.25, -0.2) is 0 Å². The minimum Gasteiger partial charge on any atom is -0.0991 e. The molecule has 2 aromatic rings. The highest BCUT2D eigenvalue weighted by Gasteiger charge is 2.53. The Labute approximate surface area is 330 Å². The lowest BCUT2D eigenvalue weighted by Gasteiger charge is -2.46. The van der Waals surface area contributed by atoms with Gasteiger partial charge in [0.2, 0.25) is 0 Å². The summed E-state index contributed by atoms with van der Waals surface area (Å²) in [5.41, 5.74) is 14.6. The molecular formula is C55H56. The molecule has 0 bridgehead atoms. The molecule has 9 atom stereocenters. The van der Waals surface area contributed by atoms with E-state index in [2.05, 4.69) is 185 Å². The van der Waals surface area contributed by atoms with Gasteiger partial charge < -0.3 is 0 Å². The third-order valence-corrected chi connectivity index (χ3v) is 14.2. The van der Waals surface area contributed by atoms with E-state index in [1.807, 2.05) is 6.08 Å². The van der Waals surface area contributed by atoms with E-state index in [0.29, 0.717) is 47.3 Å². The fraction of sp³-hybridized carbons (Fsp3) is 0.309. The van der Waals surface area contributed by atoms with Gasteiger partial charge in [-0.3, -0.25) is 0 Å². The normalized spacial score (nSPS) is 33.8. The first kappa shape index (κ1) is 35.7. The highest BCUT2D eigenvalue weighted by Crippen LogP contribution is 2.63. The largest absolute Gasteiger partial charge is 0.0991 e. The molecule has 0 saturated heterocycles. The van der Waals surface area contributed by atoms with Crippen molar-refractivity contribution in [3.05, 3.63) is 220 Å². The monoisotopic (exact) mass is 716 g/mol. The minimum atomic E-state index is -0.0613. The van der Waals surface area contributed by atoms with Gasteiger partial charge in [-0.15, -0.1) is 0 Å². The van der Waals surface area contributed by atoms with Crippen LogP contribution in [0.2, 0.25) is 0 Å². The van der Waals surface area contributed by atoms with E-state index in [9.17, 15) is 0 Å². The summed E-state index contributed by atoms with van der Waals surface area (Å²) in [6, 6.07) is 20.4. The standard InChI is InChI=1S/C55H56/c1-5-7-25-45-38(4)46(18-6-2)54(51-35-42-28-30-48-47-26-15-14-21-41(47)34-50(51)53(42)48)52-37(3)32-40(33-49(45)52)27-29-44-24-16-17-31-55(44,43-22-12-9-13-23-43)36-39-19-10-8-11-20-39/h6-19,21-30,32-34,37,39,42,48,51-54H,2,5,20,31,35-36H2,1,3-4H3. The first-order chi connectivity index (χ1) is 27.0. The number of fused-ring (bicyclic) bond motifs is 3. The number of hydrogen-bond donors (Lipinski definition) is 0. The van der Waals surface area contributed by atoms with Crippen LogP contribution < -0.4 is 0 Å². The van der Waals surface area contributed by atoms with Crippen molar-refractivity contribution in [2.75, 3.05) is 0 Å². The molecule has 2 aromatic carbocycles. The summed E-state index contributed by atoms with van der Waals surface area (Å²) in [6.07, 6.45) is 48.7. The molecule has 0 aromatic heterocycles. The van der Waals surface area contributed by atoms with Crippen LogP contribution in [0.15, 0.2) is 203 Å². The molecule has 0 amide bonds. The van der Waals surface area contributed by atoms with E-state index >= 15 is 0 Å². The summed E-state index contributed by atoms with van der Waals surface area (Å²) >= 11 is 0. The highest BCUT2D eigenvalue weighted by atomic mass is 14.6. The van der Waals surface area contributed by atoms with Crippen LogP contribution >= 0.6 is 0 Å². The van der Waals surface area contributed by atoms with Crippen molar-refractivity contribution >= 4 is 6.08 Å². The average molecular weight is 717 g/mol. The molecule has 9 unspecified atom stereocenters. The number of benzene rings is 2. The van der Waals surface area contributed by atoms with Crippen molar-refractivity contribution in [3.8, 4) is 0 Å². The Bertz CT molecular complexity index is 2230. The third kappa shape index (κ3) is 6.23. The van der Waals surface area contributed by atoms with Crippen LogP contribution in [0.5, 0.6) is 0 Å². The third-order valence-electron chi connectivity index (χ3n) is 14.2. The van der Waals surface area contributed by atoms with Crippen LogP contribution in [-0.2, 0) is 5.41 Å². The Morgan fingerprint density at radius 2 is 1.71 bits per heavy atom. The molecule has 55 heavy (non-hydrogen) atoms. The SMILES string of the molecule is C=CC=C1C(C)=C(C=CCC)C2=CC(C=CC3=CC=CCC3(CC3C=CC=CC3)c3ccccc3)=CC(C)C2C1C1CC2C=CC3c4ccccc4C=C1C23. The van der Waals surface area contributed by atoms with Crippen LogP contribution in [0, 0.1) is 41.4 Å². The molecule has 0 heteroatoms. The maximum Gasteiger partial charge on any atom is 0.0243 e. The minimum absolute atomic E-state index is 0.0613. The Hall–Kier alpha value is -4.94. The van der Waals surface area contributed by atoms with Crippen molar-refractivity contribution in [1.82, 2.24) is 0 Å². The van der Waals surface area contributed by atoms with Crippen molar-refractivity contribution in [1.29, 1.82) is 0 Å². The Morgan fingerprint density at radius 3 is 2.53 bits per heavy atom. The van der Waals surface area contributed by atoms with Crippen LogP contribution in [0.1, 0.15) is 75.5 Å². The fourth-order valence-corrected chi connectivity index (χ4v) is 11.8. The molecular weight excluding hydrogens is 661 g/mol. The molecule has 1 fully saturated rings. The van der Waals surface area contributed by atoms with E-state index in [1.165, 1.54) is 56.5 Å². The molecule has 0 heterocycles. The lowest BCUT2D eigenvalue weighted by molar-refractivity contribution is 0.277. The molecule has 0 aliphatic heterocycles. The van der Waals surface area contributed by atoms with Crippen molar-refractivity contribution in [3.63, 3.8) is 0 Å². The van der Waals surface area contributed by atoms with Gasteiger partial charge in [-0.1, -0.05) is 190 Å². The van der Waals surface area contributed by atoms with E-state index < -0.39 is 0 Å². The van der Waals surface area contributed by atoms with Gasteiger partial charge >= 0.3 is 0 Å². The van der Waals surface area contributed by atoms with Gasteiger partial charge in [-0.2, -0.15) is 0 Å². The highest BCUT2D eigenvalue weighted by molar-refractivity contribution is 5.68. The maximum atomic E-state index is 4.27. The second-order valence-corrected chi connectivity index (χ2v) is 17.1. The van der Waals surface area contributed by atoms with Gasteiger partial charge in [-0.05, 0) is 131 Å². The summed E-state index contributed by atoms with van der Waals surface area (Å²) in [6.45, 7) is 11.4. The van der Waals surface area contributed by atoms with Gasteiger partial charge in [0.25, 0.3) is 0 Å². The number of rotatable bonds is 9. The second-order valence-electron chi connectivity index (χ2n) is 17.1. The topological polar surface area (TPSA) is 0 Å².